The van der Waals surface area contributed by atoms with Crippen LogP contribution in [-0.4, -0.2) is 12.5 Å². The van der Waals surface area contributed by atoms with Gasteiger partial charge in [0.1, 0.15) is 0 Å². The highest BCUT2D eigenvalue weighted by atomic mass is 16.1. The molecule has 0 aliphatic carbocycles. The van der Waals surface area contributed by atoms with Crippen molar-refractivity contribution in [3.8, 4) is 11.8 Å². The van der Waals surface area contributed by atoms with Crippen molar-refractivity contribution in [1.29, 1.82) is 0 Å². The van der Waals surface area contributed by atoms with E-state index in [0.29, 0.717) is 12.1 Å². The highest BCUT2D eigenvalue weighted by molar-refractivity contribution is 6.05. The minimum atomic E-state index is -0.114. The van der Waals surface area contributed by atoms with Gasteiger partial charge in [0.2, 0.25) is 0 Å². The van der Waals surface area contributed by atoms with E-state index in [0.717, 1.165) is 22.4 Å². The van der Waals surface area contributed by atoms with E-state index in [2.05, 4.69) is 17.2 Å². The molecule has 0 unspecified atom stereocenters. The van der Waals surface area contributed by atoms with E-state index in [4.69, 9.17) is 5.73 Å². The van der Waals surface area contributed by atoms with Crippen LogP contribution in [0.1, 0.15) is 27.0 Å². The van der Waals surface area contributed by atoms with Crippen LogP contribution in [0.4, 0.5) is 5.69 Å². The normalized spacial score (nSPS) is 9.67. The fourth-order valence-electron chi connectivity index (χ4n) is 2.09. The summed E-state index contributed by atoms with van der Waals surface area (Å²) in [6.45, 7) is 4.26. The zero-order valence-electron chi connectivity index (χ0n) is 12.2. The molecular formula is C18H18N2O. The minimum absolute atomic E-state index is 0.114. The highest BCUT2D eigenvalue weighted by Gasteiger charge is 2.09. The Balaban J connectivity index is 2.19. The summed E-state index contributed by atoms with van der Waals surface area (Å²) >= 11 is 0. The lowest BCUT2D eigenvalue weighted by Gasteiger charge is -2.08. The summed E-state index contributed by atoms with van der Waals surface area (Å²) in [6.07, 6.45) is 0. The molecule has 0 aromatic heterocycles. The number of anilines is 1. The summed E-state index contributed by atoms with van der Waals surface area (Å²) in [4.78, 5) is 12.3. The van der Waals surface area contributed by atoms with Crippen LogP contribution in [0, 0.1) is 25.7 Å². The molecule has 0 aliphatic rings. The summed E-state index contributed by atoms with van der Waals surface area (Å²) in [5.74, 6) is 5.63. The highest BCUT2D eigenvalue weighted by Crippen LogP contribution is 2.15. The number of aryl methyl sites for hydroxylation is 2. The van der Waals surface area contributed by atoms with Crippen LogP contribution >= 0.6 is 0 Å². The summed E-state index contributed by atoms with van der Waals surface area (Å²) in [6, 6.07) is 13.2. The van der Waals surface area contributed by atoms with E-state index in [1.54, 1.807) is 0 Å². The van der Waals surface area contributed by atoms with Crippen LogP contribution in [0.25, 0.3) is 0 Å². The average molecular weight is 278 g/mol. The van der Waals surface area contributed by atoms with Crippen molar-refractivity contribution < 1.29 is 4.79 Å². The Labute approximate surface area is 125 Å². The topological polar surface area (TPSA) is 55.1 Å². The third-order valence-electron chi connectivity index (χ3n) is 3.08. The standard InChI is InChI=1S/C18H18N2O/c1-13-8-9-17(14(2)11-13)18(21)20-16-7-3-5-15(12-16)6-4-10-19/h3,5,7-9,11-12H,10,19H2,1-2H3,(H,20,21). The molecule has 0 saturated carbocycles. The lowest BCUT2D eigenvalue weighted by Crippen LogP contribution is -2.13. The Kier molecular flexibility index (Phi) is 4.76. The van der Waals surface area contributed by atoms with Gasteiger partial charge in [-0.2, -0.15) is 0 Å². The van der Waals surface area contributed by atoms with E-state index in [1.807, 2.05) is 56.3 Å². The van der Waals surface area contributed by atoms with Crippen molar-refractivity contribution in [3.05, 3.63) is 64.7 Å². The van der Waals surface area contributed by atoms with Gasteiger partial charge in [0, 0.05) is 16.8 Å². The average Bonchev–Trinajstić information content (AvgIpc) is 2.45. The third kappa shape index (κ3) is 3.95. The van der Waals surface area contributed by atoms with Crippen molar-refractivity contribution in [2.24, 2.45) is 5.73 Å². The second kappa shape index (κ2) is 6.74. The SMILES string of the molecule is Cc1ccc(C(=O)Nc2cccc(C#CCN)c2)c(C)c1. The summed E-state index contributed by atoms with van der Waals surface area (Å²) < 4.78 is 0. The first-order valence-electron chi connectivity index (χ1n) is 6.78. The molecule has 0 atom stereocenters. The van der Waals surface area contributed by atoms with Gasteiger partial charge in [0.15, 0.2) is 0 Å². The molecule has 3 heteroatoms. The first-order chi connectivity index (χ1) is 10.1. The third-order valence-corrected chi connectivity index (χ3v) is 3.08. The number of nitrogens with two attached hydrogens (primary N) is 1. The molecule has 0 spiro atoms. The maximum atomic E-state index is 12.3. The molecule has 2 aromatic rings. The van der Waals surface area contributed by atoms with Gasteiger partial charge in [0.05, 0.1) is 6.54 Å². The molecule has 0 saturated heterocycles. The van der Waals surface area contributed by atoms with Crippen molar-refractivity contribution in [1.82, 2.24) is 0 Å². The van der Waals surface area contributed by atoms with Gasteiger partial charge >= 0.3 is 0 Å². The second-order valence-corrected chi connectivity index (χ2v) is 4.86. The Morgan fingerprint density at radius 1 is 1.19 bits per heavy atom. The summed E-state index contributed by atoms with van der Waals surface area (Å²) in [7, 11) is 0. The van der Waals surface area contributed by atoms with Crippen molar-refractivity contribution in [2.45, 2.75) is 13.8 Å². The number of carbonyl (C=O) groups is 1. The summed E-state index contributed by atoms with van der Waals surface area (Å²) in [5, 5.41) is 2.90. The van der Waals surface area contributed by atoms with Crippen molar-refractivity contribution in [2.75, 3.05) is 11.9 Å². The number of amides is 1. The molecule has 0 bridgehead atoms. The predicted octanol–water partition coefficient (Wildman–Crippen LogP) is 2.87. The van der Waals surface area contributed by atoms with Gasteiger partial charge in [-0.05, 0) is 43.7 Å². The van der Waals surface area contributed by atoms with Gasteiger partial charge < -0.3 is 11.1 Å². The van der Waals surface area contributed by atoms with E-state index >= 15 is 0 Å². The number of nitrogens with one attached hydrogen (secondary N) is 1. The fraction of sp³-hybridized carbons (Fsp3) is 0.167. The Morgan fingerprint density at radius 2 is 2.00 bits per heavy atom. The van der Waals surface area contributed by atoms with Gasteiger partial charge in [-0.15, -0.1) is 0 Å². The zero-order valence-corrected chi connectivity index (χ0v) is 12.2. The van der Waals surface area contributed by atoms with Crippen molar-refractivity contribution >= 4 is 11.6 Å². The van der Waals surface area contributed by atoms with Crippen LogP contribution in [0.15, 0.2) is 42.5 Å². The van der Waals surface area contributed by atoms with E-state index < -0.39 is 0 Å². The quantitative estimate of drug-likeness (QED) is 0.830. The fourth-order valence-corrected chi connectivity index (χ4v) is 2.09. The predicted molar refractivity (Wildman–Crippen MR) is 86.2 cm³/mol. The molecule has 106 valence electrons. The molecule has 0 radical (unpaired) electrons. The van der Waals surface area contributed by atoms with Crippen LogP contribution in [0.3, 0.4) is 0 Å². The summed E-state index contributed by atoms with van der Waals surface area (Å²) in [5.41, 5.74) is 9.70. The second-order valence-electron chi connectivity index (χ2n) is 4.86. The molecule has 2 aromatic carbocycles. The van der Waals surface area contributed by atoms with Crippen LogP contribution < -0.4 is 11.1 Å². The van der Waals surface area contributed by atoms with Gasteiger partial charge in [0.25, 0.3) is 5.91 Å². The maximum absolute atomic E-state index is 12.3. The first-order valence-corrected chi connectivity index (χ1v) is 6.78. The molecule has 1 amide bonds. The molecule has 2 rings (SSSR count). The first kappa shape index (κ1) is 14.8. The molecule has 0 aliphatic heterocycles. The Bertz CT molecular complexity index is 723. The Hall–Kier alpha value is -2.57. The number of rotatable bonds is 2. The smallest absolute Gasteiger partial charge is 0.255 e. The van der Waals surface area contributed by atoms with E-state index in [1.165, 1.54) is 0 Å². The molecule has 3 N–H and O–H groups in total. The van der Waals surface area contributed by atoms with Crippen LogP contribution in [0.5, 0.6) is 0 Å². The molecule has 0 heterocycles. The lowest BCUT2D eigenvalue weighted by molar-refractivity contribution is 0.102. The van der Waals surface area contributed by atoms with E-state index in [9.17, 15) is 4.79 Å². The number of benzene rings is 2. The largest absolute Gasteiger partial charge is 0.322 e. The minimum Gasteiger partial charge on any atom is -0.322 e. The van der Waals surface area contributed by atoms with Crippen molar-refractivity contribution in [3.63, 3.8) is 0 Å². The molecule has 21 heavy (non-hydrogen) atoms. The maximum Gasteiger partial charge on any atom is 0.255 e. The lowest BCUT2D eigenvalue weighted by atomic mass is 10.1. The monoisotopic (exact) mass is 278 g/mol. The number of hydrogen-bond acceptors (Lipinski definition) is 2. The zero-order chi connectivity index (χ0) is 15.2. The van der Waals surface area contributed by atoms with Gasteiger partial charge in [-0.1, -0.05) is 35.6 Å². The Morgan fingerprint density at radius 3 is 2.71 bits per heavy atom. The van der Waals surface area contributed by atoms with Gasteiger partial charge in [-0.25, -0.2) is 0 Å². The number of hydrogen-bond donors (Lipinski definition) is 2. The van der Waals surface area contributed by atoms with Crippen LogP contribution in [-0.2, 0) is 0 Å². The van der Waals surface area contributed by atoms with E-state index in [-0.39, 0.29) is 5.91 Å². The van der Waals surface area contributed by atoms with Crippen LogP contribution in [0.2, 0.25) is 0 Å². The van der Waals surface area contributed by atoms with Gasteiger partial charge in [-0.3, -0.25) is 4.79 Å². The molecule has 3 nitrogen and oxygen atoms in total. The molecular weight excluding hydrogens is 260 g/mol. The number of carbonyl (C=O) groups excluding carboxylic acids is 1. The molecule has 0 fully saturated rings.